The lowest BCUT2D eigenvalue weighted by molar-refractivity contribution is -0.123. The molecule has 1 aliphatic heterocycles. The summed E-state index contributed by atoms with van der Waals surface area (Å²) < 4.78 is 0. The third-order valence-corrected chi connectivity index (χ3v) is 3.91. The molecule has 2 aliphatic rings. The van der Waals surface area contributed by atoms with Crippen LogP contribution in [-0.4, -0.2) is 36.2 Å². The molecule has 0 bridgehead atoms. The van der Waals surface area contributed by atoms with Crippen molar-refractivity contribution in [3.8, 4) is 0 Å². The van der Waals surface area contributed by atoms with Gasteiger partial charge in [-0.05, 0) is 24.0 Å². The number of aliphatic hydroxyl groups is 1. The standard InChI is InChI=1S/C14H18N2O2/c17-11-6-13(15-8-11)14(18)16-7-10-5-9-3-1-2-4-12(9)10/h1-4,10-11,13,15,17H,5-8H2,(H,16,18)/t10-,11-,13+/m0/s1. The Hall–Kier alpha value is -1.39. The quantitative estimate of drug-likeness (QED) is 0.712. The fourth-order valence-electron chi connectivity index (χ4n) is 2.81. The number of carbonyl (C=O) groups is 1. The summed E-state index contributed by atoms with van der Waals surface area (Å²) in [6, 6.07) is 8.14. The topological polar surface area (TPSA) is 61.4 Å². The van der Waals surface area contributed by atoms with Crippen LogP contribution in [0.15, 0.2) is 24.3 Å². The lowest BCUT2D eigenvalue weighted by Gasteiger charge is -2.30. The van der Waals surface area contributed by atoms with E-state index in [1.54, 1.807) is 0 Å². The van der Waals surface area contributed by atoms with Gasteiger partial charge in [0, 0.05) is 19.0 Å². The molecule has 1 heterocycles. The van der Waals surface area contributed by atoms with Gasteiger partial charge in [0.2, 0.25) is 5.91 Å². The SMILES string of the molecule is O=C(NC[C@@H]1Cc2ccccc21)[C@H]1C[C@H](O)CN1. The molecule has 4 nitrogen and oxygen atoms in total. The number of hydrogen-bond acceptors (Lipinski definition) is 3. The third kappa shape index (κ3) is 2.13. The minimum Gasteiger partial charge on any atom is -0.392 e. The van der Waals surface area contributed by atoms with Crippen molar-refractivity contribution < 1.29 is 9.90 Å². The van der Waals surface area contributed by atoms with E-state index in [0.29, 0.717) is 25.4 Å². The number of carbonyl (C=O) groups excluding carboxylic acids is 1. The molecule has 3 N–H and O–H groups in total. The molecule has 3 atom stereocenters. The smallest absolute Gasteiger partial charge is 0.237 e. The summed E-state index contributed by atoms with van der Waals surface area (Å²) >= 11 is 0. The van der Waals surface area contributed by atoms with Gasteiger partial charge >= 0.3 is 0 Å². The Balaban J connectivity index is 1.50. The summed E-state index contributed by atoms with van der Waals surface area (Å²) in [5, 5.41) is 15.4. The molecule has 0 unspecified atom stereocenters. The van der Waals surface area contributed by atoms with Crippen LogP contribution < -0.4 is 10.6 Å². The third-order valence-electron chi connectivity index (χ3n) is 3.91. The van der Waals surface area contributed by atoms with Crippen molar-refractivity contribution >= 4 is 5.91 Å². The summed E-state index contributed by atoms with van der Waals surface area (Å²) in [7, 11) is 0. The molecule has 1 aromatic carbocycles. The summed E-state index contributed by atoms with van der Waals surface area (Å²) in [4.78, 5) is 11.9. The zero-order chi connectivity index (χ0) is 12.5. The maximum Gasteiger partial charge on any atom is 0.237 e. The lowest BCUT2D eigenvalue weighted by atomic mass is 9.77. The van der Waals surface area contributed by atoms with E-state index >= 15 is 0 Å². The molecule has 0 radical (unpaired) electrons. The molecule has 96 valence electrons. The average molecular weight is 246 g/mol. The van der Waals surface area contributed by atoms with Crippen LogP contribution in [0.3, 0.4) is 0 Å². The first kappa shape index (κ1) is 11.7. The minimum absolute atomic E-state index is 0.0101. The highest BCUT2D eigenvalue weighted by atomic mass is 16.3. The van der Waals surface area contributed by atoms with Gasteiger partial charge in [-0.1, -0.05) is 24.3 Å². The molecule has 0 saturated carbocycles. The normalized spacial score (nSPS) is 29.5. The lowest BCUT2D eigenvalue weighted by Crippen LogP contribution is -2.43. The van der Waals surface area contributed by atoms with Crippen molar-refractivity contribution in [3.63, 3.8) is 0 Å². The molecule has 1 saturated heterocycles. The van der Waals surface area contributed by atoms with E-state index in [2.05, 4.69) is 28.8 Å². The molecule has 0 aromatic heterocycles. The fraction of sp³-hybridized carbons (Fsp3) is 0.500. The van der Waals surface area contributed by atoms with Crippen LogP contribution >= 0.6 is 0 Å². The zero-order valence-electron chi connectivity index (χ0n) is 10.2. The second kappa shape index (κ2) is 4.71. The van der Waals surface area contributed by atoms with Gasteiger partial charge < -0.3 is 15.7 Å². The minimum atomic E-state index is -0.384. The van der Waals surface area contributed by atoms with Gasteiger partial charge in [-0.2, -0.15) is 0 Å². The van der Waals surface area contributed by atoms with Crippen LogP contribution in [0.25, 0.3) is 0 Å². The van der Waals surface area contributed by atoms with Gasteiger partial charge in [0.05, 0.1) is 12.1 Å². The number of rotatable bonds is 3. The Morgan fingerprint density at radius 2 is 2.28 bits per heavy atom. The number of benzene rings is 1. The predicted octanol–water partition coefficient (Wildman–Crippen LogP) is 0.165. The molecule has 18 heavy (non-hydrogen) atoms. The van der Waals surface area contributed by atoms with Crippen molar-refractivity contribution in [2.75, 3.05) is 13.1 Å². The van der Waals surface area contributed by atoms with Gasteiger partial charge in [-0.15, -0.1) is 0 Å². The van der Waals surface area contributed by atoms with Crippen molar-refractivity contribution in [2.45, 2.75) is 30.9 Å². The van der Waals surface area contributed by atoms with Gasteiger partial charge in [0.15, 0.2) is 0 Å². The van der Waals surface area contributed by atoms with Crippen LogP contribution in [0, 0.1) is 0 Å². The number of hydrogen-bond donors (Lipinski definition) is 3. The Morgan fingerprint density at radius 3 is 3.00 bits per heavy atom. The number of nitrogens with one attached hydrogen (secondary N) is 2. The van der Waals surface area contributed by atoms with Gasteiger partial charge in [0.1, 0.15) is 0 Å². The van der Waals surface area contributed by atoms with E-state index in [-0.39, 0.29) is 18.1 Å². The number of fused-ring (bicyclic) bond motifs is 1. The molecule has 1 aliphatic carbocycles. The summed E-state index contributed by atoms with van der Waals surface area (Å²) in [6.45, 7) is 1.22. The summed E-state index contributed by atoms with van der Waals surface area (Å²) in [5.41, 5.74) is 2.75. The first-order chi connectivity index (χ1) is 8.74. The van der Waals surface area contributed by atoms with Crippen molar-refractivity contribution in [3.05, 3.63) is 35.4 Å². The Kier molecular flexibility index (Phi) is 3.06. The molecule has 1 fully saturated rings. The fourth-order valence-corrected chi connectivity index (χ4v) is 2.81. The Bertz CT molecular complexity index is 461. The second-order valence-electron chi connectivity index (χ2n) is 5.20. The van der Waals surface area contributed by atoms with Crippen LogP contribution in [0.1, 0.15) is 23.5 Å². The largest absolute Gasteiger partial charge is 0.392 e. The maximum absolute atomic E-state index is 11.9. The number of aliphatic hydroxyl groups excluding tert-OH is 1. The van der Waals surface area contributed by atoms with Crippen molar-refractivity contribution in [2.24, 2.45) is 0 Å². The van der Waals surface area contributed by atoms with E-state index in [0.717, 1.165) is 6.42 Å². The highest BCUT2D eigenvalue weighted by Gasteiger charge is 2.30. The number of amides is 1. The average Bonchev–Trinajstić information content (AvgIpc) is 2.77. The summed E-state index contributed by atoms with van der Waals surface area (Å²) in [5.74, 6) is 0.465. The highest BCUT2D eigenvalue weighted by molar-refractivity contribution is 5.82. The van der Waals surface area contributed by atoms with Crippen LogP contribution in [0.4, 0.5) is 0 Å². The van der Waals surface area contributed by atoms with Crippen LogP contribution in [-0.2, 0) is 11.2 Å². The van der Waals surface area contributed by atoms with Gasteiger partial charge in [0.25, 0.3) is 0 Å². The second-order valence-corrected chi connectivity index (χ2v) is 5.20. The van der Waals surface area contributed by atoms with E-state index in [1.807, 2.05) is 6.07 Å². The summed E-state index contributed by atoms with van der Waals surface area (Å²) in [6.07, 6.45) is 1.19. The monoisotopic (exact) mass is 246 g/mol. The number of β-amino-alcohol motifs (C(OH)–C–C–N with tert-alkyl or cyclic N) is 1. The van der Waals surface area contributed by atoms with Crippen molar-refractivity contribution in [1.82, 2.24) is 10.6 Å². The highest BCUT2D eigenvalue weighted by Crippen LogP contribution is 2.33. The predicted molar refractivity (Wildman–Crippen MR) is 68.3 cm³/mol. The molecular formula is C14H18N2O2. The zero-order valence-corrected chi connectivity index (χ0v) is 10.2. The van der Waals surface area contributed by atoms with Gasteiger partial charge in [-0.3, -0.25) is 4.79 Å². The van der Waals surface area contributed by atoms with E-state index in [1.165, 1.54) is 11.1 Å². The first-order valence-corrected chi connectivity index (χ1v) is 6.51. The first-order valence-electron chi connectivity index (χ1n) is 6.51. The van der Waals surface area contributed by atoms with E-state index in [4.69, 9.17) is 0 Å². The molecular weight excluding hydrogens is 228 g/mol. The van der Waals surface area contributed by atoms with Gasteiger partial charge in [-0.25, -0.2) is 0 Å². The molecule has 0 spiro atoms. The van der Waals surface area contributed by atoms with E-state index in [9.17, 15) is 9.90 Å². The van der Waals surface area contributed by atoms with Crippen LogP contribution in [0.5, 0.6) is 0 Å². The van der Waals surface area contributed by atoms with E-state index < -0.39 is 0 Å². The Morgan fingerprint density at radius 1 is 1.44 bits per heavy atom. The molecule has 4 heteroatoms. The maximum atomic E-state index is 11.9. The van der Waals surface area contributed by atoms with Crippen molar-refractivity contribution in [1.29, 1.82) is 0 Å². The molecule has 1 aromatic rings. The van der Waals surface area contributed by atoms with Crippen LogP contribution in [0.2, 0.25) is 0 Å². The Labute approximate surface area is 106 Å². The molecule has 1 amide bonds. The molecule has 3 rings (SSSR count).